The van der Waals surface area contributed by atoms with Crippen LogP contribution in [0.5, 0.6) is 5.75 Å². The standard InChI is InChI=1S/C20H23NO6/c1-13-10-18(22)27-17-11-15(6-7-16(13)17)25-12-19(23)26-14(2)20(24)21-8-4-3-5-9-21/h6-7,10-11,14H,3-5,8-9,12H2,1-2H3/t14-/m1/s1. The minimum absolute atomic E-state index is 0.175. The van der Waals surface area contributed by atoms with Crippen molar-refractivity contribution in [2.45, 2.75) is 39.2 Å². The van der Waals surface area contributed by atoms with Crippen LogP contribution in [-0.2, 0) is 14.3 Å². The fourth-order valence-corrected chi connectivity index (χ4v) is 3.19. The number of nitrogens with zero attached hydrogens (tertiary/aromatic N) is 1. The maximum Gasteiger partial charge on any atom is 0.344 e. The van der Waals surface area contributed by atoms with Crippen molar-refractivity contribution in [1.82, 2.24) is 4.90 Å². The molecule has 3 rings (SSSR count). The van der Waals surface area contributed by atoms with Crippen LogP contribution in [0.1, 0.15) is 31.7 Å². The lowest BCUT2D eigenvalue weighted by atomic mass is 10.1. The summed E-state index contributed by atoms with van der Waals surface area (Å²) in [5.41, 5.74) is 0.749. The Morgan fingerprint density at radius 2 is 1.93 bits per heavy atom. The molecule has 0 unspecified atom stereocenters. The fraction of sp³-hybridized carbons (Fsp3) is 0.450. The van der Waals surface area contributed by atoms with E-state index in [4.69, 9.17) is 13.9 Å². The Hall–Kier alpha value is -2.83. The van der Waals surface area contributed by atoms with Crippen molar-refractivity contribution in [3.05, 3.63) is 40.2 Å². The van der Waals surface area contributed by atoms with Gasteiger partial charge in [-0.1, -0.05) is 0 Å². The monoisotopic (exact) mass is 373 g/mol. The minimum Gasteiger partial charge on any atom is -0.482 e. The molecule has 1 fully saturated rings. The van der Waals surface area contributed by atoms with Crippen LogP contribution < -0.4 is 10.4 Å². The van der Waals surface area contributed by atoms with Gasteiger partial charge in [-0.3, -0.25) is 4.79 Å². The van der Waals surface area contributed by atoms with Crippen LogP contribution >= 0.6 is 0 Å². The molecule has 1 atom stereocenters. The van der Waals surface area contributed by atoms with Crippen LogP contribution in [0.4, 0.5) is 0 Å². The van der Waals surface area contributed by atoms with Crippen LogP contribution in [0.3, 0.4) is 0 Å². The molecule has 144 valence electrons. The Morgan fingerprint density at radius 1 is 1.19 bits per heavy atom. The highest BCUT2D eigenvalue weighted by Crippen LogP contribution is 2.22. The van der Waals surface area contributed by atoms with Crippen LogP contribution in [0.25, 0.3) is 11.0 Å². The molecule has 1 aromatic heterocycles. The predicted molar refractivity (Wildman–Crippen MR) is 98.7 cm³/mol. The number of esters is 1. The molecule has 1 aromatic carbocycles. The van der Waals surface area contributed by atoms with Crippen LogP contribution in [-0.4, -0.2) is 42.6 Å². The summed E-state index contributed by atoms with van der Waals surface area (Å²) < 4.78 is 15.8. The predicted octanol–water partition coefficient (Wildman–Crippen LogP) is 2.42. The number of carbonyl (C=O) groups is 2. The second-order valence-electron chi connectivity index (χ2n) is 6.71. The van der Waals surface area contributed by atoms with Gasteiger partial charge in [0.2, 0.25) is 0 Å². The highest BCUT2D eigenvalue weighted by Gasteiger charge is 2.25. The molecule has 1 aliphatic heterocycles. The molecule has 2 heterocycles. The summed E-state index contributed by atoms with van der Waals surface area (Å²) in [6.07, 6.45) is 2.24. The van der Waals surface area contributed by atoms with Crippen LogP contribution in [0, 0.1) is 6.92 Å². The summed E-state index contributed by atoms with van der Waals surface area (Å²) in [5, 5.41) is 0.797. The van der Waals surface area contributed by atoms with Gasteiger partial charge in [0.1, 0.15) is 11.3 Å². The van der Waals surface area contributed by atoms with Gasteiger partial charge in [0.05, 0.1) is 0 Å². The molecule has 0 radical (unpaired) electrons. The van der Waals surface area contributed by atoms with Crippen molar-refractivity contribution in [2.24, 2.45) is 0 Å². The second-order valence-corrected chi connectivity index (χ2v) is 6.71. The average Bonchev–Trinajstić information content (AvgIpc) is 2.66. The zero-order valence-corrected chi connectivity index (χ0v) is 15.5. The number of carbonyl (C=O) groups excluding carboxylic acids is 2. The van der Waals surface area contributed by atoms with Gasteiger partial charge < -0.3 is 18.8 Å². The summed E-state index contributed by atoms with van der Waals surface area (Å²) in [6, 6.07) is 6.42. The van der Waals surface area contributed by atoms with Crippen molar-refractivity contribution < 1.29 is 23.5 Å². The van der Waals surface area contributed by atoms with Gasteiger partial charge in [-0.2, -0.15) is 0 Å². The summed E-state index contributed by atoms with van der Waals surface area (Å²) >= 11 is 0. The van der Waals surface area contributed by atoms with Gasteiger partial charge in [-0.05, 0) is 50.8 Å². The van der Waals surface area contributed by atoms with E-state index in [1.54, 1.807) is 30.0 Å². The maximum absolute atomic E-state index is 12.3. The Kier molecular flexibility index (Phi) is 5.78. The van der Waals surface area contributed by atoms with E-state index in [1.807, 2.05) is 6.92 Å². The molecule has 7 nitrogen and oxygen atoms in total. The van der Waals surface area contributed by atoms with Crippen LogP contribution in [0.15, 0.2) is 33.5 Å². The normalized spacial score (nSPS) is 15.4. The maximum atomic E-state index is 12.3. The third kappa shape index (κ3) is 4.67. The molecule has 7 heteroatoms. The topological polar surface area (TPSA) is 86.0 Å². The molecule has 1 amide bonds. The lowest BCUT2D eigenvalue weighted by Gasteiger charge is -2.28. The summed E-state index contributed by atoms with van der Waals surface area (Å²) in [4.78, 5) is 37.5. The highest BCUT2D eigenvalue weighted by molar-refractivity contribution is 5.84. The van der Waals surface area contributed by atoms with Crippen molar-refractivity contribution in [2.75, 3.05) is 19.7 Å². The zero-order chi connectivity index (χ0) is 19.4. The van der Waals surface area contributed by atoms with E-state index in [0.29, 0.717) is 24.4 Å². The van der Waals surface area contributed by atoms with Crippen molar-refractivity contribution >= 4 is 22.8 Å². The molecule has 0 saturated carbocycles. The number of hydrogen-bond acceptors (Lipinski definition) is 6. The van der Waals surface area contributed by atoms with E-state index in [-0.39, 0.29) is 12.5 Å². The summed E-state index contributed by atoms with van der Waals surface area (Å²) in [6.45, 7) is 4.47. The number of fused-ring (bicyclic) bond motifs is 1. The van der Waals surface area contributed by atoms with E-state index < -0.39 is 17.7 Å². The Morgan fingerprint density at radius 3 is 2.67 bits per heavy atom. The van der Waals surface area contributed by atoms with E-state index >= 15 is 0 Å². The number of piperidine rings is 1. The molecule has 0 aliphatic carbocycles. The molecule has 1 saturated heterocycles. The first-order chi connectivity index (χ1) is 12.9. The first kappa shape index (κ1) is 18.9. The molecule has 27 heavy (non-hydrogen) atoms. The summed E-state index contributed by atoms with van der Waals surface area (Å²) in [5.74, 6) is -0.423. The van der Waals surface area contributed by atoms with Gasteiger partial charge in [-0.25, -0.2) is 9.59 Å². The molecule has 1 aliphatic rings. The van der Waals surface area contributed by atoms with Gasteiger partial charge >= 0.3 is 11.6 Å². The second kappa shape index (κ2) is 8.24. The van der Waals surface area contributed by atoms with Gasteiger partial charge in [0.25, 0.3) is 5.91 Å². The number of aryl methyl sites for hydroxylation is 1. The Labute approximate surface area is 156 Å². The lowest BCUT2D eigenvalue weighted by molar-refractivity contribution is -0.161. The number of amides is 1. The van der Waals surface area contributed by atoms with E-state index in [9.17, 15) is 14.4 Å². The van der Waals surface area contributed by atoms with Crippen LogP contribution in [0.2, 0.25) is 0 Å². The zero-order valence-electron chi connectivity index (χ0n) is 15.5. The van der Waals surface area contributed by atoms with E-state index in [1.165, 1.54) is 6.07 Å². The molecular formula is C20H23NO6. The largest absolute Gasteiger partial charge is 0.482 e. The minimum atomic E-state index is -0.837. The number of benzene rings is 1. The number of likely N-dealkylation sites (tertiary alicyclic amines) is 1. The van der Waals surface area contributed by atoms with Crippen molar-refractivity contribution in [3.63, 3.8) is 0 Å². The highest BCUT2D eigenvalue weighted by atomic mass is 16.6. The average molecular weight is 373 g/mol. The van der Waals surface area contributed by atoms with Gasteiger partial charge in [0, 0.05) is 30.6 Å². The third-order valence-corrected chi connectivity index (χ3v) is 4.60. The SMILES string of the molecule is Cc1cc(=O)oc2cc(OCC(=O)O[C@H](C)C(=O)N3CCCCC3)ccc12. The van der Waals surface area contributed by atoms with E-state index in [2.05, 4.69) is 0 Å². The Bertz CT molecular complexity index is 897. The van der Waals surface area contributed by atoms with Gasteiger partial charge in [-0.15, -0.1) is 0 Å². The quantitative estimate of drug-likeness (QED) is 0.591. The molecular weight excluding hydrogens is 350 g/mol. The molecule has 0 bridgehead atoms. The smallest absolute Gasteiger partial charge is 0.344 e. The number of rotatable bonds is 5. The molecule has 0 N–H and O–H groups in total. The first-order valence-electron chi connectivity index (χ1n) is 9.09. The van der Waals surface area contributed by atoms with Crippen molar-refractivity contribution in [3.8, 4) is 5.75 Å². The Balaban J connectivity index is 1.56. The molecule has 2 aromatic rings. The van der Waals surface area contributed by atoms with Crippen molar-refractivity contribution in [1.29, 1.82) is 0 Å². The first-order valence-corrected chi connectivity index (χ1v) is 9.09. The fourth-order valence-electron chi connectivity index (χ4n) is 3.19. The molecule has 0 spiro atoms. The van der Waals surface area contributed by atoms with E-state index in [0.717, 1.165) is 30.2 Å². The third-order valence-electron chi connectivity index (χ3n) is 4.60. The number of hydrogen-bond donors (Lipinski definition) is 0. The summed E-state index contributed by atoms with van der Waals surface area (Å²) in [7, 11) is 0. The lowest BCUT2D eigenvalue weighted by Crippen LogP contribution is -2.43. The van der Waals surface area contributed by atoms with Gasteiger partial charge in [0.15, 0.2) is 12.7 Å². The number of ether oxygens (including phenoxy) is 2.